The Balaban J connectivity index is 1.61. The lowest BCUT2D eigenvalue weighted by molar-refractivity contribution is 0.304. The fourth-order valence-electron chi connectivity index (χ4n) is 3.87. The Kier molecular flexibility index (Phi) is 5.48. The maximum Gasteiger partial charge on any atom is 0.123 e. The van der Waals surface area contributed by atoms with Crippen LogP contribution < -0.4 is 0 Å². The summed E-state index contributed by atoms with van der Waals surface area (Å²) in [7, 11) is 0. The predicted octanol–water partition coefficient (Wildman–Crippen LogP) is 6.96. The van der Waals surface area contributed by atoms with Crippen LogP contribution in [0.3, 0.4) is 0 Å². The number of halogens is 1. The Labute approximate surface area is 139 Å². The quantitative estimate of drug-likeness (QED) is 0.560. The molecule has 0 atom stereocenters. The van der Waals surface area contributed by atoms with Crippen LogP contribution in [0.4, 0.5) is 4.39 Å². The van der Waals surface area contributed by atoms with E-state index in [1.54, 1.807) is 0 Å². The molecular formula is C22H27F. The van der Waals surface area contributed by atoms with Crippen molar-refractivity contribution in [3.05, 3.63) is 59.9 Å². The van der Waals surface area contributed by atoms with E-state index in [2.05, 4.69) is 31.2 Å². The first-order chi connectivity index (χ1) is 11.3. The lowest BCUT2D eigenvalue weighted by atomic mass is 9.77. The number of benzene rings is 2. The molecular weight excluding hydrogens is 283 g/mol. The van der Waals surface area contributed by atoms with Crippen LogP contribution in [0.5, 0.6) is 0 Å². The average Bonchev–Trinajstić information content (AvgIpc) is 2.61. The lowest BCUT2D eigenvalue weighted by Crippen LogP contribution is -2.13. The Hall–Kier alpha value is -1.63. The Morgan fingerprint density at radius 2 is 1.39 bits per heavy atom. The van der Waals surface area contributed by atoms with Crippen LogP contribution >= 0.6 is 0 Å². The van der Waals surface area contributed by atoms with E-state index in [0.29, 0.717) is 0 Å². The van der Waals surface area contributed by atoms with E-state index in [-0.39, 0.29) is 5.82 Å². The molecule has 0 amide bonds. The van der Waals surface area contributed by atoms with Crippen LogP contribution in [0, 0.1) is 11.7 Å². The molecule has 0 aromatic heterocycles. The van der Waals surface area contributed by atoms with Gasteiger partial charge < -0.3 is 0 Å². The standard InChI is InChI=1S/C22H27F/c1-2-3-4-17-5-7-18(8-6-17)19-9-11-20(12-10-19)21-13-15-22(23)16-14-21/h9-18H,2-8H2,1H3/t17-,18-. The number of hydrogen-bond acceptors (Lipinski definition) is 0. The minimum atomic E-state index is -0.176. The van der Waals surface area contributed by atoms with Crippen LogP contribution in [0.15, 0.2) is 48.5 Å². The van der Waals surface area contributed by atoms with Crippen molar-refractivity contribution in [2.45, 2.75) is 57.8 Å². The molecule has 0 unspecified atom stereocenters. The van der Waals surface area contributed by atoms with Crippen molar-refractivity contribution in [1.82, 2.24) is 0 Å². The van der Waals surface area contributed by atoms with E-state index >= 15 is 0 Å². The third kappa shape index (κ3) is 4.22. The summed E-state index contributed by atoms with van der Waals surface area (Å²) in [4.78, 5) is 0. The SMILES string of the molecule is CCCC[C@H]1CC[C@H](c2ccc(-c3ccc(F)cc3)cc2)CC1. The monoisotopic (exact) mass is 310 g/mol. The summed E-state index contributed by atoms with van der Waals surface area (Å²) in [6.45, 7) is 2.29. The molecule has 0 bridgehead atoms. The third-order valence-electron chi connectivity index (χ3n) is 5.37. The summed E-state index contributed by atoms with van der Waals surface area (Å²) >= 11 is 0. The largest absolute Gasteiger partial charge is 0.207 e. The average molecular weight is 310 g/mol. The van der Waals surface area contributed by atoms with Gasteiger partial charge in [-0.3, -0.25) is 0 Å². The summed E-state index contributed by atoms with van der Waals surface area (Å²) < 4.78 is 13.0. The van der Waals surface area contributed by atoms with Crippen molar-refractivity contribution in [2.75, 3.05) is 0 Å². The molecule has 0 N–H and O–H groups in total. The second-order valence-corrected chi connectivity index (χ2v) is 6.99. The molecule has 0 saturated heterocycles. The van der Waals surface area contributed by atoms with Gasteiger partial charge in [0.15, 0.2) is 0 Å². The van der Waals surface area contributed by atoms with Gasteiger partial charge in [0.2, 0.25) is 0 Å². The van der Waals surface area contributed by atoms with Gasteiger partial charge in [-0.05, 0) is 66.3 Å². The molecule has 2 aromatic carbocycles. The van der Waals surface area contributed by atoms with E-state index in [4.69, 9.17) is 0 Å². The number of unbranched alkanes of at least 4 members (excludes halogenated alkanes) is 1. The van der Waals surface area contributed by atoms with Gasteiger partial charge in [-0.25, -0.2) is 4.39 Å². The second kappa shape index (κ2) is 7.77. The van der Waals surface area contributed by atoms with Crippen molar-refractivity contribution in [3.63, 3.8) is 0 Å². The van der Waals surface area contributed by atoms with Crippen molar-refractivity contribution >= 4 is 0 Å². The van der Waals surface area contributed by atoms with Gasteiger partial charge in [-0.2, -0.15) is 0 Å². The molecule has 0 radical (unpaired) electrons. The van der Waals surface area contributed by atoms with Crippen molar-refractivity contribution < 1.29 is 4.39 Å². The van der Waals surface area contributed by atoms with E-state index in [0.717, 1.165) is 17.4 Å². The minimum Gasteiger partial charge on any atom is -0.207 e. The highest BCUT2D eigenvalue weighted by molar-refractivity contribution is 5.63. The van der Waals surface area contributed by atoms with Crippen LogP contribution in [0.1, 0.15) is 63.4 Å². The molecule has 122 valence electrons. The fourth-order valence-corrected chi connectivity index (χ4v) is 3.87. The van der Waals surface area contributed by atoms with Crippen molar-refractivity contribution in [2.24, 2.45) is 5.92 Å². The highest BCUT2D eigenvalue weighted by Crippen LogP contribution is 2.38. The molecule has 0 aliphatic heterocycles. The molecule has 1 heteroatoms. The van der Waals surface area contributed by atoms with Gasteiger partial charge in [0.25, 0.3) is 0 Å². The smallest absolute Gasteiger partial charge is 0.123 e. The highest BCUT2D eigenvalue weighted by Gasteiger charge is 2.21. The maximum atomic E-state index is 13.0. The Bertz CT molecular complexity index is 589. The van der Waals surface area contributed by atoms with Gasteiger partial charge in [-0.15, -0.1) is 0 Å². The van der Waals surface area contributed by atoms with Gasteiger partial charge >= 0.3 is 0 Å². The van der Waals surface area contributed by atoms with Gasteiger partial charge in [0.05, 0.1) is 0 Å². The molecule has 1 aliphatic carbocycles. The Morgan fingerprint density at radius 1 is 0.826 bits per heavy atom. The zero-order valence-electron chi connectivity index (χ0n) is 14.1. The topological polar surface area (TPSA) is 0 Å². The first kappa shape index (κ1) is 16.2. The van der Waals surface area contributed by atoms with Crippen molar-refractivity contribution in [3.8, 4) is 11.1 Å². The van der Waals surface area contributed by atoms with Gasteiger partial charge in [0.1, 0.15) is 5.82 Å². The maximum absolute atomic E-state index is 13.0. The van der Waals surface area contributed by atoms with Crippen LogP contribution in [-0.2, 0) is 0 Å². The lowest BCUT2D eigenvalue weighted by Gasteiger charge is -2.29. The van der Waals surface area contributed by atoms with Crippen LogP contribution in [-0.4, -0.2) is 0 Å². The van der Waals surface area contributed by atoms with E-state index in [1.807, 2.05) is 12.1 Å². The normalized spacial score (nSPS) is 21.3. The molecule has 1 aliphatic rings. The zero-order chi connectivity index (χ0) is 16.1. The number of rotatable bonds is 5. The first-order valence-corrected chi connectivity index (χ1v) is 9.12. The molecule has 0 spiro atoms. The summed E-state index contributed by atoms with van der Waals surface area (Å²) in [6, 6.07) is 15.7. The van der Waals surface area contributed by atoms with E-state index in [9.17, 15) is 4.39 Å². The minimum absolute atomic E-state index is 0.176. The van der Waals surface area contributed by atoms with E-state index < -0.39 is 0 Å². The summed E-state index contributed by atoms with van der Waals surface area (Å²) in [6.07, 6.45) is 9.60. The van der Waals surface area contributed by atoms with Crippen molar-refractivity contribution in [1.29, 1.82) is 0 Å². The summed E-state index contributed by atoms with van der Waals surface area (Å²) in [5, 5.41) is 0. The molecule has 23 heavy (non-hydrogen) atoms. The zero-order valence-corrected chi connectivity index (χ0v) is 14.1. The fraction of sp³-hybridized carbons (Fsp3) is 0.455. The van der Waals surface area contributed by atoms with Crippen LogP contribution in [0.25, 0.3) is 11.1 Å². The molecule has 2 aromatic rings. The molecule has 1 fully saturated rings. The highest BCUT2D eigenvalue weighted by atomic mass is 19.1. The predicted molar refractivity (Wildman–Crippen MR) is 96.1 cm³/mol. The molecule has 0 heterocycles. The van der Waals surface area contributed by atoms with Gasteiger partial charge in [0, 0.05) is 0 Å². The second-order valence-electron chi connectivity index (χ2n) is 6.99. The third-order valence-corrected chi connectivity index (χ3v) is 5.37. The van der Waals surface area contributed by atoms with Gasteiger partial charge in [-0.1, -0.05) is 62.6 Å². The first-order valence-electron chi connectivity index (χ1n) is 9.12. The molecule has 1 saturated carbocycles. The summed E-state index contributed by atoms with van der Waals surface area (Å²) in [5.41, 5.74) is 3.73. The summed E-state index contributed by atoms with van der Waals surface area (Å²) in [5.74, 6) is 1.52. The molecule has 3 rings (SSSR count). The van der Waals surface area contributed by atoms with Crippen LogP contribution in [0.2, 0.25) is 0 Å². The molecule has 0 nitrogen and oxygen atoms in total. The Morgan fingerprint density at radius 3 is 1.96 bits per heavy atom. The number of hydrogen-bond donors (Lipinski definition) is 0. The van der Waals surface area contributed by atoms with E-state index in [1.165, 1.54) is 68.2 Å².